The van der Waals surface area contributed by atoms with E-state index in [-0.39, 0.29) is 43.6 Å². The second-order valence-corrected chi connectivity index (χ2v) is 16.2. The number of carbonyl (C=O) groups is 3. The third kappa shape index (κ3) is 17.9. The van der Waals surface area contributed by atoms with Crippen LogP contribution in [0.4, 0.5) is 0 Å². The lowest BCUT2D eigenvalue weighted by Gasteiger charge is -2.57. The number of carbonyl (C=O) groups excluding carboxylic acids is 3. The van der Waals surface area contributed by atoms with Gasteiger partial charge in [0.05, 0.1) is 12.3 Å². The number of unbranched alkanes of at least 4 members (excludes halogenated alkanes) is 9. The van der Waals surface area contributed by atoms with Crippen LogP contribution in [-0.4, -0.2) is 62.8 Å². The van der Waals surface area contributed by atoms with E-state index >= 15 is 0 Å². The summed E-state index contributed by atoms with van der Waals surface area (Å²) in [5, 5.41) is 0. The molecule has 4 saturated carbocycles. The summed E-state index contributed by atoms with van der Waals surface area (Å²) in [5.74, 6) is 1.66. The van der Waals surface area contributed by atoms with Crippen molar-refractivity contribution in [3.05, 3.63) is 24.3 Å². The number of allylic oxidation sites excluding steroid dienone is 4. The molecule has 4 rings (SSSR count). The first kappa shape index (κ1) is 42.3. The molecular formula is C43H73NO6. The second kappa shape index (κ2) is 24.9. The molecule has 1 atom stereocenters. The van der Waals surface area contributed by atoms with E-state index in [0.717, 1.165) is 69.2 Å². The summed E-state index contributed by atoms with van der Waals surface area (Å²) in [6.45, 7) is 6.03. The van der Waals surface area contributed by atoms with Crippen molar-refractivity contribution >= 4 is 17.9 Å². The molecule has 0 amide bonds. The van der Waals surface area contributed by atoms with Crippen molar-refractivity contribution in [1.82, 2.24) is 4.90 Å². The van der Waals surface area contributed by atoms with Gasteiger partial charge in [0.15, 0.2) is 0 Å². The SMILES string of the molecule is CCCCC/C=C\C/C=C\CCCCCCCCC(=O)OCC(COC(=O)CCCC12CC3CC(CC(C3)C1)C2)COC(=O)CCN(C)CC. The Kier molecular flexibility index (Phi) is 21.1. The fourth-order valence-corrected chi connectivity index (χ4v) is 8.89. The van der Waals surface area contributed by atoms with Gasteiger partial charge in [-0.15, -0.1) is 0 Å². The molecule has 4 aliphatic carbocycles. The van der Waals surface area contributed by atoms with E-state index in [1.54, 1.807) is 0 Å². The number of hydrogen-bond donors (Lipinski definition) is 0. The van der Waals surface area contributed by atoms with Crippen LogP contribution in [0.25, 0.3) is 0 Å². The van der Waals surface area contributed by atoms with Crippen LogP contribution in [0.15, 0.2) is 24.3 Å². The first-order valence-electron chi connectivity index (χ1n) is 20.8. The Labute approximate surface area is 305 Å². The van der Waals surface area contributed by atoms with Crippen LogP contribution in [0, 0.1) is 29.1 Å². The van der Waals surface area contributed by atoms with Gasteiger partial charge < -0.3 is 19.1 Å². The molecule has 4 aliphatic rings. The summed E-state index contributed by atoms with van der Waals surface area (Å²) in [4.78, 5) is 39.7. The summed E-state index contributed by atoms with van der Waals surface area (Å²) in [5.41, 5.74) is 0.466. The third-order valence-electron chi connectivity index (χ3n) is 11.5. The molecule has 0 radical (unpaired) electrons. The molecule has 0 N–H and O–H groups in total. The molecule has 0 aromatic heterocycles. The first-order valence-corrected chi connectivity index (χ1v) is 20.8. The van der Waals surface area contributed by atoms with Crippen LogP contribution < -0.4 is 0 Å². The summed E-state index contributed by atoms with van der Waals surface area (Å²) < 4.78 is 16.8. The van der Waals surface area contributed by atoms with Gasteiger partial charge in [-0.05, 0) is 127 Å². The van der Waals surface area contributed by atoms with Crippen molar-refractivity contribution in [3.8, 4) is 0 Å². The maximum Gasteiger partial charge on any atom is 0.307 e. The van der Waals surface area contributed by atoms with Gasteiger partial charge in [-0.3, -0.25) is 14.4 Å². The lowest BCUT2D eigenvalue weighted by Crippen LogP contribution is -2.45. The van der Waals surface area contributed by atoms with Crippen LogP contribution in [-0.2, 0) is 28.6 Å². The molecule has 0 aliphatic heterocycles. The number of rotatable bonds is 29. The Morgan fingerprint density at radius 2 is 1.12 bits per heavy atom. The quantitative estimate of drug-likeness (QED) is 0.0333. The zero-order valence-corrected chi connectivity index (χ0v) is 32.3. The van der Waals surface area contributed by atoms with Gasteiger partial charge in [0.25, 0.3) is 0 Å². The topological polar surface area (TPSA) is 82.1 Å². The second-order valence-electron chi connectivity index (χ2n) is 16.2. The molecule has 7 nitrogen and oxygen atoms in total. The monoisotopic (exact) mass is 700 g/mol. The molecule has 0 aromatic rings. The summed E-state index contributed by atoms with van der Waals surface area (Å²) in [6.07, 6.45) is 34.5. The van der Waals surface area contributed by atoms with Gasteiger partial charge in [-0.2, -0.15) is 0 Å². The highest BCUT2D eigenvalue weighted by Crippen LogP contribution is 2.61. The van der Waals surface area contributed by atoms with Crippen molar-refractivity contribution in [2.75, 3.05) is 40.0 Å². The van der Waals surface area contributed by atoms with Gasteiger partial charge in [0.2, 0.25) is 0 Å². The van der Waals surface area contributed by atoms with Crippen LogP contribution in [0.3, 0.4) is 0 Å². The average molecular weight is 700 g/mol. The standard InChI is InChI=1S/C43H73NO6/c1-4-6-7-8-9-10-11-12-13-14-15-16-17-18-19-20-22-40(45)48-33-39(35-50-42(47)24-26-44(3)5-2)34-49-41(46)23-21-25-43-30-36-27-37(31-43)29-38(28-36)32-43/h9-10,12-13,36-39H,4-8,11,14-35H2,1-3H3/b10-9-,13-12-. The van der Waals surface area contributed by atoms with Gasteiger partial charge in [0, 0.05) is 19.4 Å². The van der Waals surface area contributed by atoms with Crippen LogP contribution in [0.2, 0.25) is 0 Å². The zero-order chi connectivity index (χ0) is 35.9. The molecule has 0 spiro atoms. The normalized spacial score (nSPS) is 23.2. The Morgan fingerprint density at radius 3 is 1.66 bits per heavy atom. The summed E-state index contributed by atoms with van der Waals surface area (Å²) >= 11 is 0. The number of ether oxygens (including phenoxy) is 3. The Bertz CT molecular complexity index is 986. The van der Waals surface area contributed by atoms with Crippen molar-refractivity contribution in [1.29, 1.82) is 0 Å². The minimum atomic E-state index is -0.366. The van der Waals surface area contributed by atoms with Crippen LogP contribution >= 0.6 is 0 Å². The van der Waals surface area contributed by atoms with Gasteiger partial charge >= 0.3 is 17.9 Å². The zero-order valence-electron chi connectivity index (χ0n) is 32.3. The molecular weight excluding hydrogens is 626 g/mol. The van der Waals surface area contributed by atoms with E-state index < -0.39 is 0 Å². The highest BCUT2D eigenvalue weighted by Gasteiger charge is 2.50. The smallest absolute Gasteiger partial charge is 0.307 e. The van der Waals surface area contributed by atoms with Crippen molar-refractivity contribution in [2.45, 2.75) is 162 Å². The highest BCUT2D eigenvalue weighted by molar-refractivity contribution is 5.70. The van der Waals surface area contributed by atoms with E-state index in [9.17, 15) is 14.4 Å². The van der Waals surface area contributed by atoms with E-state index in [1.165, 1.54) is 83.5 Å². The Hall–Kier alpha value is -2.15. The van der Waals surface area contributed by atoms with Gasteiger partial charge in [0.1, 0.15) is 19.8 Å². The molecule has 0 aromatic carbocycles. The van der Waals surface area contributed by atoms with E-state index in [2.05, 4.69) is 36.1 Å². The summed E-state index contributed by atoms with van der Waals surface area (Å²) in [7, 11) is 1.97. The fraction of sp³-hybridized carbons (Fsp3) is 0.837. The van der Waals surface area contributed by atoms with Crippen LogP contribution in [0.1, 0.15) is 162 Å². The number of nitrogens with zero attached hydrogens (tertiary/aromatic N) is 1. The maximum absolute atomic E-state index is 12.7. The van der Waals surface area contributed by atoms with E-state index in [0.29, 0.717) is 31.2 Å². The van der Waals surface area contributed by atoms with Crippen LogP contribution in [0.5, 0.6) is 0 Å². The van der Waals surface area contributed by atoms with E-state index in [1.807, 2.05) is 14.0 Å². The Balaban J connectivity index is 1.26. The average Bonchev–Trinajstić information content (AvgIpc) is 3.09. The minimum Gasteiger partial charge on any atom is -0.465 e. The van der Waals surface area contributed by atoms with Crippen molar-refractivity contribution in [3.63, 3.8) is 0 Å². The number of hydrogen-bond acceptors (Lipinski definition) is 7. The van der Waals surface area contributed by atoms with Crippen molar-refractivity contribution < 1.29 is 28.6 Å². The largest absolute Gasteiger partial charge is 0.465 e. The predicted molar refractivity (Wildman–Crippen MR) is 203 cm³/mol. The first-order chi connectivity index (χ1) is 24.3. The molecule has 4 fully saturated rings. The van der Waals surface area contributed by atoms with Gasteiger partial charge in [-0.1, -0.05) is 76.7 Å². The number of esters is 3. The van der Waals surface area contributed by atoms with E-state index in [4.69, 9.17) is 14.2 Å². The molecule has 7 heteroatoms. The lowest BCUT2D eigenvalue weighted by molar-refractivity contribution is -0.153. The highest BCUT2D eigenvalue weighted by atomic mass is 16.6. The molecule has 1 unspecified atom stereocenters. The van der Waals surface area contributed by atoms with Crippen molar-refractivity contribution in [2.24, 2.45) is 29.1 Å². The van der Waals surface area contributed by atoms with Gasteiger partial charge in [-0.25, -0.2) is 0 Å². The summed E-state index contributed by atoms with van der Waals surface area (Å²) in [6, 6.07) is 0. The molecule has 4 bridgehead atoms. The lowest BCUT2D eigenvalue weighted by atomic mass is 9.48. The molecule has 286 valence electrons. The Morgan fingerprint density at radius 1 is 0.640 bits per heavy atom. The molecule has 0 saturated heterocycles. The molecule has 50 heavy (non-hydrogen) atoms. The minimum absolute atomic E-state index is 0.0768. The predicted octanol–water partition coefficient (Wildman–Crippen LogP) is 10.2. The third-order valence-corrected chi connectivity index (χ3v) is 11.5. The fourth-order valence-electron chi connectivity index (χ4n) is 8.89. The maximum atomic E-state index is 12.7. The molecule has 0 heterocycles.